The summed E-state index contributed by atoms with van der Waals surface area (Å²) in [7, 11) is 0. The lowest BCUT2D eigenvalue weighted by atomic mass is 10.2. The number of nitrogens with zero attached hydrogens (tertiary/aromatic N) is 1. The van der Waals surface area contributed by atoms with E-state index in [1.165, 1.54) is 44.3 Å². The van der Waals surface area contributed by atoms with Crippen LogP contribution in [0.3, 0.4) is 0 Å². The fourth-order valence-corrected chi connectivity index (χ4v) is 2.79. The summed E-state index contributed by atoms with van der Waals surface area (Å²) in [6, 6.07) is 6.11. The van der Waals surface area contributed by atoms with Gasteiger partial charge in [0.15, 0.2) is 0 Å². The molecule has 0 saturated carbocycles. The van der Waals surface area contributed by atoms with Crippen molar-refractivity contribution >= 4 is 27.5 Å². The molecule has 3 heteroatoms. The van der Waals surface area contributed by atoms with Crippen LogP contribution in [0.15, 0.2) is 22.7 Å². The van der Waals surface area contributed by atoms with Crippen LogP contribution in [0.5, 0.6) is 0 Å². The fourth-order valence-electron chi connectivity index (χ4n) is 2.21. The molecule has 1 nitrogen and oxygen atoms in total. The molecule has 88 valence electrons. The van der Waals surface area contributed by atoms with Crippen molar-refractivity contribution in [3.63, 3.8) is 0 Å². The molecule has 0 unspecified atom stereocenters. The summed E-state index contributed by atoms with van der Waals surface area (Å²) < 4.78 is 1.06. The van der Waals surface area contributed by atoms with Crippen LogP contribution in [-0.4, -0.2) is 18.0 Å². The molecule has 1 aromatic rings. The van der Waals surface area contributed by atoms with Crippen molar-refractivity contribution < 1.29 is 0 Å². The Balaban J connectivity index is 2.04. The normalized spacial score (nSPS) is 18.4. The van der Waals surface area contributed by atoms with Gasteiger partial charge in [0.05, 0.1) is 5.02 Å². The highest BCUT2D eigenvalue weighted by Gasteiger charge is 2.11. The van der Waals surface area contributed by atoms with Crippen LogP contribution >= 0.6 is 27.5 Å². The predicted molar refractivity (Wildman–Crippen MR) is 72.9 cm³/mol. The van der Waals surface area contributed by atoms with Gasteiger partial charge in [-0.2, -0.15) is 0 Å². The van der Waals surface area contributed by atoms with Gasteiger partial charge in [0.1, 0.15) is 0 Å². The average Bonchev–Trinajstić information content (AvgIpc) is 2.53. The van der Waals surface area contributed by atoms with E-state index in [0.29, 0.717) is 0 Å². The number of rotatable bonds is 2. The molecule has 0 amide bonds. The summed E-state index contributed by atoms with van der Waals surface area (Å²) in [4.78, 5) is 2.53. The summed E-state index contributed by atoms with van der Waals surface area (Å²) >= 11 is 9.67. The van der Waals surface area contributed by atoms with Crippen LogP contribution in [0.1, 0.15) is 31.2 Å². The standard InChI is InChI=1S/C13H17BrClN/c14-13-11(6-5-7-12(13)15)10-16-8-3-1-2-4-9-16/h5-7H,1-4,8-10H2. The second-order valence-corrected chi connectivity index (χ2v) is 5.60. The number of hydrogen-bond donors (Lipinski definition) is 0. The number of hydrogen-bond acceptors (Lipinski definition) is 1. The third-order valence-corrected chi connectivity index (χ3v) is 4.60. The van der Waals surface area contributed by atoms with Crippen LogP contribution in [0.2, 0.25) is 5.02 Å². The number of likely N-dealkylation sites (tertiary alicyclic amines) is 1. The molecular formula is C13H17BrClN. The van der Waals surface area contributed by atoms with Gasteiger partial charge in [-0.25, -0.2) is 0 Å². The third kappa shape index (κ3) is 3.22. The van der Waals surface area contributed by atoms with Crippen LogP contribution in [0, 0.1) is 0 Å². The highest BCUT2D eigenvalue weighted by molar-refractivity contribution is 9.10. The molecule has 1 aromatic carbocycles. The zero-order valence-corrected chi connectivity index (χ0v) is 11.7. The Morgan fingerprint density at radius 3 is 2.50 bits per heavy atom. The maximum absolute atomic E-state index is 6.10. The summed E-state index contributed by atoms with van der Waals surface area (Å²) in [5, 5.41) is 0.812. The van der Waals surface area contributed by atoms with Crippen molar-refractivity contribution in [1.82, 2.24) is 4.90 Å². The van der Waals surface area contributed by atoms with E-state index >= 15 is 0 Å². The van der Waals surface area contributed by atoms with Crippen LogP contribution in [0.25, 0.3) is 0 Å². The Morgan fingerprint density at radius 1 is 1.12 bits per heavy atom. The molecule has 0 aliphatic carbocycles. The lowest BCUT2D eigenvalue weighted by Crippen LogP contribution is -2.24. The molecule has 1 saturated heterocycles. The van der Waals surface area contributed by atoms with Gasteiger partial charge in [0, 0.05) is 11.0 Å². The SMILES string of the molecule is Clc1cccc(CN2CCCCCC2)c1Br. The number of benzene rings is 1. The van der Waals surface area contributed by atoms with Gasteiger partial charge in [-0.1, -0.05) is 36.6 Å². The highest BCUT2D eigenvalue weighted by Crippen LogP contribution is 2.27. The van der Waals surface area contributed by atoms with Crippen molar-refractivity contribution in [3.8, 4) is 0 Å². The Bertz CT molecular complexity index is 346. The zero-order chi connectivity index (χ0) is 11.4. The van der Waals surface area contributed by atoms with Gasteiger partial charge in [-0.15, -0.1) is 0 Å². The van der Waals surface area contributed by atoms with Crippen molar-refractivity contribution in [2.45, 2.75) is 32.2 Å². The van der Waals surface area contributed by atoms with Crippen molar-refractivity contribution in [1.29, 1.82) is 0 Å². The molecule has 0 radical (unpaired) electrons. The predicted octanol–water partition coefficient (Wildman–Crippen LogP) is 4.48. The van der Waals surface area contributed by atoms with Crippen LogP contribution < -0.4 is 0 Å². The first-order chi connectivity index (χ1) is 7.77. The molecule has 0 spiro atoms. The minimum absolute atomic E-state index is 0.812. The summed E-state index contributed by atoms with van der Waals surface area (Å²) in [5.41, 5.74) is 1.30. The molecule has 1 aliphatic heterocycles. The first kappa shape index (κ1) is 12.4. The third-order valence-electron chi connectivity index (χ3n) is 3.12. The summed E-state index contributed by atoms with van der Waals surface area (Å²) in [6.07, 6.45) is 5.43. The van der Waals surface area contributed by atoms with E-state index in [9.17, 15) is 0 Å². The second-order valence-electron chi connectivity index (χ2n) is 4.40. The maximum atomic E-state index is 6.10. The van der Waals surface area contributed by atoms with Crippen molar-refractivity contribution in [3.05, 3.63) is 33.3 Å². The minimum atomic E-state index is 0.812. The molecule has 0 N–H and O–H groups in total. The van der Waals surface area contributed by atoms with Gasteiger partial charge < -0.3 is 0 Å². The first-order valence-corrected chi connectivity index (χ1v) is 7.10. The smallest absolute Gasteiger partial charge is 0.0551 e. The minimum Gasteiger partial charge on any atom is -0.299 e. The van der Waals surface area contributed by atoms with Gasteiger partial charge >= 0.3 is 0 Å². The van der Waals surface area contributed by atoms with Crippen molar-refractivity contribution in [2.24, 2.45) is 0 Å². The number of halogens is 2. The van der Waals surface area contributed by atoms with E-state index in [2.05, 4.69) is 26.9 Å². The molecule has 16 heavy (non-hydrogen) atoms. The van der Waals surface area contributed by atoms with E-state index in [4.69, 9.17) is 11.6 Å². The Kier molecular flexibility index (Phi) is 4.68. The van der Waals surface area contributed by atoms with Crippen LogP contribution in [0.4, 0.5) is 0 Å². The van der Waals surface area contributed by atoms with E-state index in [1.807, 2.05) is 12.1 Å². The second kappa shape index (κ2) is 6.04. The molecule has 0 bridgehead atoms. The summed E-state index contributed by atoms with van der Waals surface area (Å²) in [6.45, 7) is 3.46. The van der Waals surface area contributed by atoms with Gasteiger partial charge in [0.25, 0.3) is 0 Å². The monoisotopic (exact) mass is 301 g/mol. The quantitative estimate of drug-likeness (QED) is 0.778. The molecule has 1 fully saturated rings. The highest BCUT2D eigenvalue weighted by atomic mass is 79.9. The topological polar surface area (TPSA) is 3.24 Å². The Labute approximate surface area is 111 Å². The molecule has 1 heterocycles. The van der Waals surface area contributed by atoms with Gasteiger partial charge in [-0.05, 0) is 53.5 Å². The Hall–Kier alpha value is -0.0500. The van der Waals surface area contributed by atoms with Gasteiger partial charge in [0.2, 0.25) is 0 Å². The first-order valence-electron chi connectivity index (χ1n) is 5.92. The average molecular weight is 303 g/mol. The fraction of sp³-hybridized carbons (Fsp3) is 0.538. The molecule has 2 rings (SSSR count). The lowest BCUT2D eigenvalue weighted by molar-refractivity contribution is 0.276. The largest absolute Gasteiger partial charge is 0.299 e. The summed E-state index contributed by atoms with van der Waals surface area (Å²) in [5.74, 6) is 0. The molecule has 1 aliphatic rings. The van der Waals surface area contributed by atoms with E-state index < -0.39 is 0 Å². The lowest BCUT2D eigenvalue weighted by Gasteiger charge is -2.20. The zero-order valence-electron chi connectivity index (χ0n) is 9.38. The molecular weight excluding hydrogens is 286 g/mol. The van der Waals surface area contributed by atoms with Gasteiger partial charge in [-0.3, -0.25) is 4.90 Å². The van der Waals surface area contributed by atoms with E-state index in [-0.39, 0.29) is 0 Å². The molecule has 0 atom stereocenters. The van der Waals surface area contributed by atoms with E-state index in [1.54, 1.807) is 0 Å². The van der Waals surface area contributed by atoms with E-state index in [0.717, 1.165) is 16.0 Å². The molecule has 0 aromatic heterocycles. The van der Waals surface area contributed by atoms with Crippen LogP contribution in [-0.2, 0) is 6.54 Å². The Morgan fingerprint density at radius 2 is 1.81 bits per heavy atom. The maximum Gasteiger partial charge on any atom is 0.0551 e. The van der Waals surface area contributed by atoms with Crippen molar-refractivity contribution in [2.75, 3.05) is 13.1 Å².